The van der Waals surface area contributed by atoms with Crippen molar-refractivity contribution in [1.29, 1.82) is 0 Å². The van der Waals surface area contributed by atoms with E-state index in [1.165, 1.54) is 4.90 Å². The van der Waals surface area contributed by atoms with Crippen LogP contribution in [0.2, 0.25) is 0 Å². The van der Waals surface area contributed by atoms with Crippen LogP contribution in [0.25, 0.3) is 0 Å². The molecular formula is C19H15NO3. The Kier molecular flexibility index (Phi) is 3.11. The second-order valence-electron chi connectivity index (χ2n) is 5.96. The lowest BCUT2D eigenvalue weighted by Gasteiger charge is -2.21. The summed E-state index contributed by atoms with van der Waals surface area (Å²) >= 11 is 0. The van der Waals surface area contributed by atoms with E-state index in [1.54, 1.807) is 24.3 Å². The Balaban J connectivity index is 1.71. The van der Waals surface area contributed by atoms with E-state index in [1.807, 2.05) is 18.2 Å². The van der Waals surface area contributed by atoms with E-state index in [0.717, 1.165) is 29.5 Å². The average molecular weight is 305 g/mol. The summed E-state index contributed by atoms with van der Waals surface area (Å²) in [5, 5.41) is 0. The molecule has 2 amide bonds. The normalized spacial score (nSPS) is 16.5. The number of carbonyl (C=O) groups is 3. The number of hydrogen-bond acceptors (Lipinski definition) is 3. The van der Waals surface area contributed by atoms with Gasteiger partial charge in [0.1, 0.15) is 0 Å². The molecule has 0 fully saturated rings. The molecule has 4 nitrogen and oxygen atoms in total. The van der Waals surface area contributed by atoms with E-state index in [4.69, 9.17) is 0 Å². The molecule has 0 spiro atoms. The van der Waals surface area contributed by atoms with Crippen LogP contribution in [0.5, 0.6) is 0 Å². The van der Waals surface area contributed by atoms with Crippen LogP contribution >= 0.6 is 0 Å². The van der Waals surface area contributed by atoms with Crippen molar-refractivity contribution in [2.24, 2.45) is 0 Å². The fourth-order valence-electron chi connectivity index (χ4n) is 3.45. The van der Waals surface area contributed by atoms with E-state index >= 15 is 0 Å². The van der Waals surface area contributed by atoms with E-state index in [9.17, 15) is 14.4 Å². The number of Topliss-reactive ketones (excluding diaryl/α,β-unsaturated/α-hetero) is 1. The Morgan fingerprint density at radius 1 is 0.783 bits per heavy atom. The van der Waals surface area contributed by atoms with Crippen molar-refractivity contribution in [2.45, 2.75) is 25.8 Å². The van der Waals surface area contributed by atoms with Gasteiger partial charge in [0.25, 0.3) is 11.8 Å². The Morgan fingerprint density at radius 2 is 1.43 bits per heavy atom. The van der Waals surface area contributed by atoms with Gasteiger partial charge in [-0.15, -0.1) is 0 Å². The van der Waals surface area contributed by atoms with Crippen molar-refractivity contribution in [2.75, 3.05) is 0 Å². The second kappa shape index (κ2) is 5.16. The van der Waals surface area contributed by atoms with Gasteiger partial charge in [0.15, 0.2) is 5.78 Å². The van der Waals surface area contributed by atoms with Crippen LogP contribution in [0, 0.1) is 0 Å². The molecule has 114 valence electrons. The highest BCUT2D eigenvalue weighted by Gasteiger charge is 2.35. The van der Waals surface area contributed by atoms with E-state index in [0.29, 0.717) is 17.5 Å². The minimum Gasteiger partial charge on any atom is -0.294 e. The average Bonchev–Trinajstić information content (AvgIpc) is 2.81. The maximum atomic E-state index is 12.5. The molecular weight excluding hydrogens is 290 g/mol. The summed E-state index contributed by atoms with van der Waals surface area (Å²) in [6.07, 6.45) is 2.22. The third-order valence-corrected chi connectivity index (χ3v) is 4.61. The van der Waals surface area contributed by atoms with Crippen LogP contribution in [0.15, 0.2) is 42.5 Å². The van der Waals surface area contributed by atoms with E-state index in [2.05, 4.69) is 0 Å². The zero-order chi connectivity index (χ0) is 16.0. The number of amides is 2. The molecule has 0 unspecified atom stereocenters. The van der Waals surface area contributed by atoms with Crippen LogP contribution in [-0.2, 0) is 13.0 Å². The van der Waals surface area contributed by atoms with Crippen molar-refractivity contribution in [3.05, 3.63) is 70.3 Å². The highest BCUT2D eigenvalue weighted by molar-refractivity contribution is 6.21. The van der Waals surface area contributed by atoms with Gasteiger partial charge < -0.3 is 0 Å². The highest BCUT2D eigenvalue weighted by Crippen LogP contribution is 2.29. The summed E-state index contributed by atoms with van der Waals surface area (Å²) in [5.74, 6) is -0.369. The van der Waals surface area contributed by atoms with Crippen LogP contribution in [0.4, 0.5) is 0 Å². The monoisotopic (exact) mass is 305 g/mol. The smallest absolute Gasteiger partial charge is 0.261 e. The van der Waals surface area contributed by atoms with E-state index in [-0.39, 0.29) is 24.1 Å². The minimum atomic E-state index is -0.259. The Bertz CT molecular complexity index is 818. The first-order valence-electron chi connectivity index (χ1n) is 7.76. The molecule has 23 heavy (non-hydrogen) atoms. The molecule has 2 aromatic rings. The molecule has 1 aliphatic carbocycles. The first kappa shape index (κ1) is 13.9. The van der Waals surface area contributed by atoms with Gasteiger partial charge in [-0.3, -0.25) is 19.3 Å². The van der Waals surface area contributed by atoms with Gasteiger partial charge >= 0.3 is 0 Å². The van der Waals surface area contributed by atoms with Gasteiger partial charge in [-0.1, -0.05) is 30.3 Å². The number of hydrogen-bond donors (Lipinski definition) is 0. The molecule has 0 aromatic heterocycles. The molecule has 0 saturated heterocycles. The summed E-state index contributed by atoms with van der Waals surface area (Å²) in [7, 11) is 0. The molecule has 0 atom stereocenters. The first-order chi connectivity index (χ1) is 11.2. The molecule has 1 aliphatic heterocycles. The third-order valence-electron chi connectivity index (χ3n) is 4.61. The quantitative estimate of drug-likeness (QED) is 0.801. The van der Waals surface area contributed by atoms with Gasteiger partial charge in [0.2, 0.25) is 0 Å². The van der Waals surface area contributed by atoms with Gasteiger partial charge in [-0.25, -0.2) is 0 Å². The summed E-state index contributed by atoms with van der Waals surface area (Å²) in [4.78, 5) is 38.3. The first-order valence-corrected chi connectivity index (χ1v) is 7.76. The number of imide groups is 1. The van der Waals surface area contributed by atoms with Crippen molar-refractivity contribution >= 4 is 17.6 Å². The molecule has 1 heterocycles. The second-order valence-corrected chi connectivity index (χ2v) is 5.96. The van der Waals surface area contributed by atoms with Crippen LogP contribution in [0.1, 0.15) is 55.0 Å². The molecule has 0 radical (unpaired) electrons. The lowest BCUT2D eigenvalue weighted by atomic mass is 9.87. The number of fused-ring (bicyclic) bond motifs is 2. The number of nitrogens with zero attached hydrogens (tertiary/aromatic N) is 1. The summed E-state index contributed by atoms with van der Waals surface area (Å²) < 4.78 is 0. The largest absolute Gasteiger partial charge is 0.294 e. The Labute approximate surface area is 133 Å². The maximum Gasteiger partial charge on any atom is 0.261 e. The third kappa shape index (κ3) is 2.10. The van der Waals surface area contributed by atoms with E-state index < -0.39 is 0 Å². The molecule has 4 heteroatoms. The molecule has 2 aromatic carbocycles. The fourth-order valence-corrected chi connectivity index (χ4v) is 3.45. The minimum absolute atomic E-state index is 0.149. The maximum absolute atomic E-state index is 12.5. The summed E-state index contributed by atoms with van der Waals surface area (Å²) in [6.45, 7) is 0.225. The number of ketones is 1. The van der Waals surface area contributed by atoms with Crippen LogP contribution < -0.4 is 0 Å². The van der Waals surface area contributed by atoms with Crippen LogP contribution in [0.3, 0.4) is 0 Å². The molecule has 0 bridgehead atoms. The SMILES string of the molecule is O=C1CCCc2c(CN3C(=O)c4ccccc4C3=O)cccc21. The molecule has 4 rings (SSSR count). The predicted molar refractivity (Wildman–Crippen MR) is 84.4 cm³/mol. The molecule has 0 N–H and O–H groups in total. The predicted octanol–water partition coefficient (Wildman–Crippen LogP) is 3.00. The summed E-state index contributed by atoms with van der Waals surface area (Å²) in [5.41, 5.74) is 3.53. The highest BCUT2D eigenvalue weighted by atomic mass is 16.2. The standard InChI is InChI=1S/C19H15NO3/c21-17-10-4-8-13-12(5-3-9-14(13)17)11-20-18(22)15-6-1-2-7-16(15)19(20)23/h1-3,5-7,9H,4,8,10-11H2. The Morgan fingerprint density at radius 3 is 2.13 bits per heavy atom. The van der Waals surface area contributed by atoms with Crippen molar-refractivity contribution < 1.29 is 14.4 Å². The van der Waals surface area contributed by atoms with Crippen molar-refractivity contribution in [3.8, 4) is 0 Å². The van der Waals surface area contributed by atoms with Crippen molar-refractivity contribution in [3.63, 3.8) is 0 Å². The van der Waals surface area contributed by atoms with Crippen LogP contribution in [-0.4, -0.2) is 22.5 Å². The van der Waals surface area contributed by atoms with Crippen molar-refractivity contribution in [1.82, 2.24) is 4.90 Å². The lowest BCUT2D eigenvalue weighted by Crippen LogP contribution is -2.30. The topological polar surface area (TPSA) is 54.5 Å². The number of carbonyl (C=O) groups excluding carboxylic acids is 3. The van der Waals surface area contributed by atoms with Gasteiger partial charge in [-0.05, 0) is 36.1 Å². The number of rotatable bonds is 2. The molecule has 0 saturated carbocycles. The van der Waals surface area contributed by atoms with Gasteiger partial charge in [0.05, 0.1) is 17.7 Å². The Hall–Kier alpha value is -2.75. The lowest BCUT2D eigenvalue weighted by molar-refractivity contribution is 0.0642. The number of benzene rings is 2. The molecule has 2 aliphatic rings. The zero-order valence-corrected chi connectivity index (χ0v) is 12.5. The zero-order valence-electron chi connectivity index (χ0n) is 12.5. The fraction of sp³-hybridized carbons (Fsp3) is 0.211. The van der Waals surface area contributed by atoms with Gasteiger partial charge in [0, 0.05) is 12.0 Å². The van der Waals surface area contributed by atoms with Gasteiger partial charge in [-0.2, -0.15) is 0 Å². The summed E-state index contributed by atoms with van der Waals surface area (Å²) in [6, 6.07) is 12.4.